The Morgan fingerprint density at radius 2 is 1.76 bits per heavy atom. The summed E-state index contributed by atoms with van der Waals surface area (Å²) in [6.07, 6.45) is 3.37. The van der Waals surface area contributed by atoms with Gasteiger partial charge in [0.15, 0.2) is 0 Å². The summed E-state index contributed by atoms with van der Waals surface area (Å²) in [4.78, 5) is 3.93. The van der Waals surface area contributed by atoms with Gasteiger partial charge < -0.3 is 5.32 Å². The Balaban J connectivity index is 1.97. The third-order valence-electron chi connectivity index (χ3n) is 2.66. The summed E-state index contributed by atoms with van der Waals surface area (Å²) < 4.78 is 13.0. The van der Waals surface area contributed by atoms with Gasteiger partial charge in [-0.1, -0.05) is 30.3 Å². The highest BCUT2D eigenvalue weighted by Crippen LogP contribution is 2.13. The van der Waals surface area contributed by atoms with Crippen LogP contribution in [0.4, 0.5) is 4.39 Å². The molecule has 0 spiro atoms. The predicted octanol–water partition coefficient (Wildman–Crippen LogP) is 2.88. The Labute approximate surface area is 101 Å². The number of hydrogen-bond donors (Lipinski definition) is 1. The number of alkyl halides is 1. The van der Waals surface area contributed by atoms with E-state index in [0.29, 0.717) is 6.54 Å². The lowest BCUT2D eigenvalue weighted by molar-refractivity contribution is 0.380. The molecular formula is C14H15FN2. The molecule has 1 unspecified atom stereocenters. The van der Waals surface area contributed by atoms with Crippen LogP contribution >= 0.6 is 0 Å². The lowest BCUT2D eigenvalue weighted by Gasteiger charge is -2.15. The molecule has 1 atom stereocenters. The lowest BCUT2D eigenvalue weighted by atomic mass is 10.1. The summed E-state index contributed by atoms with van der Waals surface area (Å²) in [7, 11) is 0. The molecule has 0 fully saturated rings. The summed E-state index contributed by atoms with van der Waals surface area (Å²) in [5, 5.41) is 3.20. The molecule has 88 valence electrons. The van der Waals surface area contributed by atoms with Crippen molar-refractivity contribution in [3.8, 4) is 0 Å². The van der Waals surface area contributed by atoms with Gasteiger partial charge in [0.05, 0.1) is 6.04 Å². The van der Waals surface area contributed by atoms with E-state index in [1.165, 1.54) is 0 Å². The van der Waals surface area contributed by atoms with Crippen LogP contribution in [0.3, 0.4) is 0 Å². The van der Waals surface area contributed by atoms with Gasteiger partial charge >= 0.3 is 0 Å². The van der Waals surface area contributed by atoms with Crippen molar-refractivity contribution in [2.75, 3.05) is 6.67 Å². The van der Waals surface area contributed by atoms with Crippen LogP contribution in [-0.4, -0.2) is 11.7 Å². The van der Waals surface area contributed by atoms with E-state index >= 15 is 0 Å². The zero-order chi connectivity index (χ0) is 11.9. The minimum Gasteiger partial charge on any atom is -0.304 e. The second-order valence-electron chi connectivity index (χ2n) is 3.85. The molecule has 0 aliphatic heterocycles. The summed E-state index contributed by atoms with van der Waals surface area (Å²) in [6.45, 7) is 0.245. The van der Waals surface area contributed by atoms with E-state index in [1.54, 1.807) is 12.4 Å². The smallest absolute Gasteiger partial charge is 0.109 e. The second kappa shape index (κ2) is 6.11. The molecule has 2 rings (SSSR count). The molecule has 0 radical (unpaired) electrons. The molecule has 17 heavy (non-hydrogen) atoms. The van der Waals surface area contributed by atoms with Gasteiger partial charge in [-0.15, -0.1) is 0 Å². The van der Waals surface area contributed by atoms with Crippen LogP contribution in [0.25, 0.3) is 0 Å². The van der Waals surface area contributed by atoms with Crippen LogP contribution in [0.5, 0.6) is 0 Å². The Morgan fingerprint density at radius 3 is 2.41 bits per heavy atom. The Kier molecular flexibility index (Phi) is 4.22. The maximum atomic E-state index is 13.0. The maximum absolute atomic E-state index is 13.0. The fourth-order valence-electron chi connectivity index (χ4n) is 1.69. The lowest BCUT2D eigenvalue weighted by Crippen LogP contribution is -2.22. The zero-order valence-corrected chi connectivity index (χ0v) is 9.51. The highest BCUT2D eigenvalue weighted by atomic mass is 19.1. The van der Waals surface area contributed by atoms with Crippen LogP contribution < -0.4 is 5.32 Å². The van der Waals surface area contributed by atoms with E-state index in [1.807, 2.05) is 42.5 Å². The topological polar surface area (TPSA) is 24.9 Å². The van der Waals surface area contributed by atoms with Crippen molar-refractivity contribution in [2.45, 2.75) is 12.6 Å². The first-order chi connectivity index (χ1) is 8.40. The number of rotatable bonds is 5. The molecule has 0 aliphatic carbocycles. The van der Waals surface area contributed by atoms with Gasteiger partial charge in [-0.2, -0.15) is 0 Å². The monoisotopic (exact) mass is 230 g/mol. The standard InChI is InChI=1S/C14H15FN2/c15-10-14(13-6-8-16-9-7-13)17-11-12-4-2-1-3-5-12/h1-9,14,17H,10-11H2. The predicted molar refractivity (Wildman–Crippen MR) is 66.2 cm³/mol. The molecule has 1 aromatic carbocycles. The molecule has 1 heterocycles. The number of aromatic nitrogens is 1. The molecule has 0 saturated heterocycles. The highest BCUT2D eigenvalue weighted by Gasteiger charge is 2.09. The summed E-state index contributed by atoms with van der Waals surface area (Å²) in [6, 6.07) is 13.4. The van der Waals surface area contributed by atoms with E-state index in [0.717, 1.165) is 11.1 Å². The van der Waals surface area contributed by atoms with E-state index in [-0.39, 0.29) is 6.04 Å². The van der Waals surface area contributed by atoms with Gasteiger partial charge in [-0.05, 0) is 23.3 Å². The quantitative estimate of drug-likeness (QED) is 0.854. The van der Waals surface area contributed by atoms with Crippen molar-refractivity contribution in [1.29, 1.82) is 0 Å². The number of pyridine rings is 1. The van der Waals surface area contributed by atoms with Crippen molar-refractivity contribution < 1.29 is 4.39 Å². The van der Waals surface area contributed by atoms with Gasteiger partial charge in [0, 0.05) is 18.9 Å². The maximum Gasteiger partial charge on any atom is 0.109 e. The Hall–Kier alpha value is -1.74. The minimum absolute atomic E-state index is 0.266. The molecule has 0 amide bonds. The molecule has 1 aromatic heterocycles. The number of halogens is 1. The SMILES string of the molecule is FCC(NCc1ccccc1)c1ccncc1. The third kappa shape index (κ3) is 3.36. The molecule has 2 aromatic rings. The first kappa shape index (κ1) is 11.7. The molecular weight excluding hydrogens is 215 g/mol. The average Bonchev–Trinajstić information content (AvgIpc) is 2.42. The van der Waals surface area contributed by atoms with E-state index in [2.05, 4.69) is 10.3 Å². The van der Waals surface area contributed by atoms with E-state index < -0.39 is 6.67 Å². The summed E-state index contributed by atoms with van der Waals surface area (Å²) in [5.41, 5.74) is 2.08. The van der Waals surface area contributed by atoms with Crippen LogP contribution in [0.1, 0.15) is 17.2 Å². The van der Waals surface area contributed by atoms with Crippen molar-refractivity contribution in [1.82, 2.24) is 10.3 Å². The molecule has 0 saturated carbocycles. The first-order valence-corrected chi connectivity index (χ1v) is 5.63. The van der Waals surface area contributed by atoms with E-state index in [4.69, 9.17) is 0 Å². The minimum atomic E-state index is -0.420. The van der Waals surface area contributed by atoms with Gasteiger partial charge in [0.25, 0.3) is 0 Å². The highest BCUT2D eigenvalue weighted by molar-refractivity contribution is 5.17. The normalized spacial score (nSPS) is 12.3. The zero-order valence-electron chi connectivity index (χ0n) is 9.51. The van der Waals surface area contributed by atoms with Gasteiger partial charge in [0.2, 0.25) is 0 Å². The van der Waals surface area contributed by atoms with Crippen molar-refractivity contribution >= 4 is 0 Å². The number of nitrogens with one attached hydrogen (secondary N) is 1. The molecule has 3 heteroatoms. The van der Waals surface area contributed by atoms with Crippen molar-refractivity contribution in [3.63, 3.8) is 0 Å². The molecule has 2 nitrogen and oxygen atoms in total. The Bertz CT molecular complexity index is 430. The number of benzene rings is 1. The summed E-state index contributed by atoms with van der Waals surface area (Å²) in [5.74, 6) is 0. The third-order valence-corrected chi connectivity index (χ3v) is 2.66. The molecule has 1 N–H and O–H groups in total. The van der Waals surface area contributed by atoms with Gasteiger partial charge in [-0.3, -0.25) is 4.98 Å². The first-order valence-electron chi connectivity index (χ1n) is 5.63. The largest absolute Gasteiger partial charge is 0.304 e. The van der Waals surface area contributed by atoms with Crippen LogP contribution in [-0.2, 0) is 6.54 Å². The number of nitrogens with zero attached hydrogens (tertiary/aromatic N) is 1. The average molecular weight is 230 g/mol. The van der Waals surface area contributed by atoms with Crippen LogP contribution in [0, 0.1) is 0 Å². The fourth-order valence-corrected chi connectivity index (χ4v) is 1.69. The van der Waals surface area contributed by atoms with Crippen LogP contribution in [0.15, 0.2) is 54.9 Å². The van der Waals surface area contributed by atoms with Crippen molar-refractivity contribution in [3.05, 3.63) is 66.0 Å². The molecule has 0 bridgehead atoms. The van der Waals surface area contributed by atoms with Crippen molar-refractivity contribution in [2.24, 2.45) is 0 Å². The van der Waals surface area contributed by atoms with Gasteiger partial charge in [-0.25, -0.2) is 4.39 Å². The van der Waals surface area contributed by atoms with Gasteiger partial charge in [0.1, 0.15) is 6.67 Å². The number of hydrogen-bond acceptors (Lipinski definition) is 2. The van der Waals surface area contributed by atoms with Crippen LogP contribution in [0.2, 0.25) is 0 Å². The molecule has 0 aliphatic rings. The fraction of sp³-hybridized carbons (Fsp3) is 0.214. The Morgan fingerprint density at radius 1 is 1.06 bits per heavy atom. The second-order valence-corrected chi connectivity index (χ2v) is 3.85. The summed E-state index contributed by atoms with van der Waals surface area (Å²) >= 11 is 0. The van der Waals surface area contributed by atoms with E-state index in [9.17, 15) is 4.39 Å².